The Morgan fingerprint density at radius 1 is 1.33 bits per heavy atom. The topological polar surface area (TPSA) is 34.0 Å². The first-order valence-electron chi connectivity index (χ1n) is 6.28. The average molecular weight is 269 g/mol. The molecular formula is C14H21ClN2O. The van der Waals surface area contributed by atoms with Gasteiger partial charge in [-0.3, -0.25) is 0 Å². The van der Waals surface area contributed by atoms with Gasteiger partial charge in [-0.05, 0) is 43.4 Å². The Labute approximate surface area is 114 Å². The summed E-state index contributed by atoms with van der Waals surface area (Å²) in [5.74, 6) is 1.59. The van der Waals surface area contributed by atoms with Gasteiger partial charge in [0.25, 0.3) is 0 Å². The first-order valence-corrected chi connectivity index (χ1v) is 6.81. The second kappa shape index (κ2) is 8.92. The molecule has 0 saturated heterocycles. The molecule has 0 N–H and O–H groups in total. The Bertz CT molecular complexity index is 369. The molecule has 0 aliphatic rings. The SMILES string of the molecule is C/N=N/C(CCCCl)CCc1cccc(OC)c1. The number of ether oxygens (including phenoxy) is 1. The van der Waals surface area contributed by atoms with E-state index < -0.39 is 0 Å². The van der Waals surface area contributed by atoms with Gasteiger partial charge in [0, 0.05) is 12.9 Å². The summed E-state index contributed by atoms with van der Waals surface area (Å²) in [6, 6.07) is 8.44. The van der Waals surface area contributed by atoms with Crippen molar-refractivity contribution < 1.29 is 4.74 Å². The Hall–Kier alpha value is -1.09. The van der Waals surface area contributed by atoms with Crippen LogP contribution in [0.3, 0.4) is 0 Å². The highest BCUT2D eigenvalue weighted by Gasteiger charge is 2.07. The van der Waals surface area contributed by atoms with Crippen molar-refractivity contribution in [2.45, 2.75) is 31.7 Å². The van der Waals surface area contributed by atoms with E-state index in [4.69, 9.17) is 16.3 Å². The van der Waals surface area contributed by atoms with Crippen LogP contribution in [0.2, 0.25) is 0 Å². The zero-order valence-electron chi connectivity index (χ0n) is 11.1. The lowest BCUT2D eigenvalue weighted by atomic mass is 10.0. The lowest BCUT2D eigenvalue weighted by Gasteiger charge is -2.10. The number of hydrogen-bond donors (Lipinski definition) is 0. The molecule has 1 unspecified atom stereocenters. The van der Waals surface area contributed by atoms with Gasteiger partial charge in [0.15, 0.2) is 0 Å². The highest BCUT2D eigenvalue weighted by Crippen LogP contribution is 2.17. The van der Waals surface area contributed by atoms with Crippen LogP contribution in [0, 0.1) is 0 Å². The average Bonchev–Trinajstić information content (AvgIpc) is 2.42. The smallest absolute Gasteiger partial charge is 0.119 e. The van der Waals surface area contributed by atoms with Crippen molar-refractivity contribution in [2.24, 2.45) is 10.2 Å². The molecule has 1 atom stereocenters. The summed E-state index contributed by atoms with van der Waals surface area (Å²) in [6.07, 6.45) is 3.98. The standard InChI is InChI=1S/C14H21ClN2O/c1-16-17-13(6-4-10-15)9-8-12-5-3-7-14(11-12)18-2/h3,5,7,11,13H,4,6,8-10H2,1-2H3/b17-16+. The lowest BCUT2D eigenvalue weighted by molar-refractivity contribution is 0.414. The number of hydrogen-bond acceptors (Lipinski definition) is 3. The van der Waals surface area contributed by atoms with E-state index in [2.05, 4.69) is 22.4 Å². The molecule has 0 amide bonds. The quantitative estimate of drug-likeness (QED) is 0.516. The normalized spacial score (nSPS) is 12.8. The van der Waals surface area contributed by atoms with E-state index in [9.17, 15) is 0 Å². The minimum atomic E-state index is 0.278. The molecule has 4 heteroatoms. The largest absolute Gasteiger partial charge is 0.497 e. The zero-order chi connectivity index (χ0) is 13.2. The third kappa shape index (κ3) is 5.50. The second-order valence-corrected chi connectivity index (χ2v) is 4.57. The number of rotatable bonds is 8. The Morgan fingerprint density at radius 3 is 2.83 bits per heavy atom. The number of methoxy groups -OCH3 is 1. The predicted octanol–water partition coefficient (Wildman–Crippen LogP) is 4.10. The number of azo groups is 1. The van der Waals surface area contributed by atoms with E-state index in [1.54, 1.807) is 14.2 Å². The summed E-state index contributed by atoms with van der Waals surface area (Å²) in [4.78, 5) is 0. The van der Waals surface area contributed by atoms with Gasteiger partial charge >= 0.3 is 0 Å². The van der Waals surface area contributed by atoms with Crippen molar-refractivity contribution in [1.82, 2.24) is 0 Å². The molecular weight excluding hydrogens is 248 g/mol. The van der Waals surface area contributed by atoms with Gasteiger partial charge < -0.3 is 4.74 Å². The molecule has 0 heterocycles. The Kier molecular flexibility index (Phi) is 7.42. The predicted molar refractivity (Wildman–Crippen MR) is 75.8 cm³/mol. The summed E-state index contributed by atoms with van der Waals surface area (Å²) < 4.78 is 5.21. The fourth-order valence-corrected chi connectivity index (χ4v) is 2.05. The maximum atomic E-state index is 5.71. The number of alkyl halides is 1. The fraction of sp³-hybridized carbons (Fsp3) is 0.571. The Balaban J connectivity index is 2.49. The minimum absolute atomic E-state index is 0.278. The summed E-state index contributed by atoms with van der Waals surface area (Å²) in [6.45, 7) is 0. The molecule has 18 heavy (non-hydrogen) atoms. The van der Waals surface area contributed by atoms with Crippen LogP contribution in [0.4, 0.5) is 0 Å². The van der Waals surface area contributed by atoms with Gasteiger partial charge in [0.05, 0.1) is 13.2 Å². The van der Waals surface area contributed by atoms with Crippen LogP contribution >= 0.6 is 11.6 Å². The molecule has 0 aliphatic heterocycles. The third-order valence-electron chi connectivity index (χ3n) is 2.85. The zero-order valence-corrected chi connectivity index (χ0v) is 11.9. The molecule has 0 radical (unpaired) electrons. The van der Waals surface area contributed by atoms with Gasteiger partial charge in [0.2, 0.25) is 0 Å². The third-order valence-corrected chi connectivity index (χ3v) is 3.12. The van der Waals surface area contributed by atoms with Crippen molar-refractivity contribution in [3.05, 3.63) is 29.8 Å². The number of halogens is 1. The molecule has 0 aromatic heterocycles. The van der Waals surface area contributed by atoms with E-state index >= 15 is 0 Å². The number of benzene rings is 1. The van der Waals surface area contributed by atoms with Crippen molar-refractivity contribution >= 4 is 11.6 Å². The van der Waals surface area contributed by atoms with Crippen molar-refractivity contribution in [3.63, 3.8) is 0 Å². The van der Waals surface area contributed by atoms with Crippen LogP contribution in [0.5, 0.6) is 5.75 Å². The lowest BCUT2D eigenvalue weighted by Crippen LogP contribution is -2.06. The van der Waals surface area contributed by atoms with Crippen molar-refractivity contribution in [2.75, 3.05) is 20.0 Å². The molecule has 1 aromatic rings. The van der Waals surface area contributed by atoms with Crippen LogP contribution in [-0.4, -0.2) is 26.1 Å². The molecule has 0 spiro atoms. The maximum absolute atomic E-state index is 5.71. The van der Waals surface area contributed by atoms with Crippen LogP contribution < -0.4 is 4.74 Å². The first-order chi connectivity index (χ1) is 8.80. The van der Waals surface area contributed by atoms with Gasteiger partial charge in [-0.2, -0.15) is 10.2 Å². The molecule has 1 aromatic carbocycles. The van der Waals surface area contributed by atoms with Gasteiger partial charge in [-0.15, -0.1) is 11.6 Å². The molecule has 1 rings (SSSR count). The van der Waals surface area contributed by atoms with E-state index in [1.165, 1.54) is 5.56 Å². The van der Waals surface area contributed by atoms with Crippen LogP contribution in [0.1, 0.15) is 24.8 Å². The molecule has 0 bridgehead atoms. The monoisotopic (exact) mass is 268 g/mol. The molecule has 0 aliphatic carbocycles. The van der Waals surface area contributed by atoms with Crippen molar-refractivity contribution in [3.8, 4) is 5.75 Å². The minimum Gasteiger partial charge on any atom is -0.497 e. The van der Waals surface area contributed by atoms with Crippen LogP contribution in [-0.2, 0) is 6.42 Å². The molecule has 0 fully saturated rings. The molecule has 0 saturated carbocycles. The molecule has 100 valence electrons. The second-order valence-electron chi connectivity index (χ2n) is 4.19. The first kappa shape index (κ1) is 15.0. The highest BCUT2D eigenvalue weighted by atomic mass is 35.5. The van der Waals surface area contributed by atoms with E-state index in [0.717, 1.165) is 31.4 Å². The molecule has 3 nitrogen and oxygen atoms in total. The summed E-state index contributed by atoms with van der Waals surface area (Å²) in [7, 11) is 3.41. The van der Waals surface area contributed by atoms with Crippen LogP contribution in [0.25, 0.3) is 0 Å². The fourth-order valence-electron chi connectivity index (χ4n) is 1.90. The van der Waals surface area contributed by atoms with E-state index in [1.807, 2.05) is 12.1 Å². The number of aryl methyl sites for hydroxylation is 1. The highest BCUT2D eigenvalue weighted by molar-refractivity contribution is 6.17. The Morgan fingerprint density at radius 2 is 2.17 bits per heavy atom. The van der Waals surface area contributed by atoms with Gasteiger partial charge in [-0.25, -0.2) is 0 Å². The maximum Gasteiger partial charge on any atom is 0.119 e. The summed E-state index contributed by atoms with van der Waals surface area (Å²) in [5.41, 5.74) is 1.27. The summed E-state index contributed by atoms with van der Waals surface area (Å²) in [5, 5.41) is 8.15. The van der Waals surface area contributed by atoms with E-state index in [-0.39, 0.29) is 6.04 Å². The van der Waals surface area contributed by atoms with Gasteiger partial charge in [-0.1, -0.05) is 12.1 Å². The van der Waals surface area contributed by atoms with Crippen LogP contribution in [0.15, 0.2) is 34.5 Å². The summed E-state index contributed by atoms with van der Waals surface area (Å²) >= 11 is 5.71. The van der Waals surface area contributed by atoms with Crippen molar-refractivity contribution in [1.29, 1.82) is 0 Å². The van der Waals surface area contributed by atoms with Gasteiger partial charge in [0.1, 0.15) is 5.75 Å². The number of nitrogens with zero attached hydrogens (tertiary/aromatic N) is 2. The van der Waals surface area contributed by atoms with E-state index in [0.29, 0.717) is 5.88 Å².